The molecular weight excluding hydrogens is 366 g/mol. The molecule has 3 heterocycles. The fourth-order valence-corrected chi connectivity index (χ4v) is 4.15. The first-order valence-corrected chi connectivity index (χ1v) is 10.8. The number of hydrogen-bond donors (Lipinski definition) is 2. The molecule has 2 N–H and O–H groups in total. The number of pyridine rings is 1. The molecule has 0 spiro atoms. The van der Waals surface area contributed by atoms with Crippen LogP contribution in [0.3, 0.4) is 0 Å². The molecule has 7 nitrogen and oxygen atoms in total. The molecule has 3 amide bonds. The molecule has 2 aliphatic heterocycles. The van der Waals surface area contributed by atoms with Gasteiger partial charge in [-0.3, -0.25) is 14.7 Å². The van der Waals surface area contributed by atoms with Gasteiger partial charge in [0.15, 0.2) is 0 Å². The minimum atomic E-state index is -0.243. The molecular formula is C22H35N5O2. The molecule has 0 saturated carbocycles. The number of carbonyl (C=O) groups excluding carboxylic acids is 2. The van der Waals surface area contributed by atoms with Gasteiger partial charge in [0.05, 0.1) is 0 Å². The summed E-state index contributed by atoms with van der Waals surface area (Å²) in [4.78, 5) is 33.5. The van der Waals surface area contributed by atoms with Crippen LogP contribution in [0.4, 0.5) is 4.79 Å². The highest BCUT2D eigenvalue weighted by atomic mass is 16.2. The minimum absolute atomic E-state index is 0.121. The summed E-state index contributed by atoms with van der Waals surface area (Å²) in [6.45, 7) is 10.2. The van der Waals surface area contributed by atoms with Crippen molar-refractivity contribution < 1.29 is 9.59 Å². The second kappa shape index (κ2) is 9.57. The second-order valence-electron chi connectivity index (χ2n) is 9.35. The first kappa shape index (κ1) is 21.6. The molecule has 7 heteroatoms. The first-order chi connectivity index (χ1) is 13.8. The lowest BCUT2D eigenvalue weighted by atomic mass is 9.93. The number of nitrogens with one attached hydrogen (secondary N) is 2. The third kappa shape index (κ3) is 6.70. The standard InChI is InChI=1S/C22H35N5O2/c1-22(2,3)25-21(29)24-19-8-14-27(15-9-19)20(28)18-6-12-26(13-7-18)16-17-4-10-23-11-5-17/h4-5,10-11,18-19H,6-9,12-16H2,1-3H3,(H2,24,25,29). The van der Waals surface area contributed by atoms with E-state index in [0.29, 0.717) is 5.91 Å². The Labute approximate surface area is 174 Å². The molecule has 2 fully saturated rings. The molecule has 1 aromatic rings. The van der Waals surface area contributed by atoms with Crippen molar-refractivity contribution in [2.75, 3.05) is 26.2 Å². The molecule has 0 unspecified atom stereocenters. The summed E-state index contributed by atoms with van der Waals surface area (Å²) in [5.74, 6) is 0.434. The van der Waals surface area contributed by atoms with Gasteiger partial charge in [-0.1, -0.05) is 0 Å². The van der Waals surface area contributed by atoms with Crippen molar-refractivity contribution in [2.45, 2.75) is 64.6 Å². The minimum Gasteiger partial charge on any atom is -0.342 e. The van der Waals surface area contributed by atoms with Gasteiger partial charge in [0, 0.05) is 49.5 Å². The van der Waals surface area contributed by atoms with Crippen LogP contribution >= 0.6 is 0 Å². The van der Waals surface area contributed by atoms with E-state index in [0.717, 1.165) is 58.4 Å². The van der Waals surface area contributed by atoms with E-state index in [2.05, 4.69) is 32.7 Å². The molecule has 0 aliphatic carbocycles. The van der Waals surface area contributed by atoms with Crippen LogP contribution in [0, 0.1) is 5.92 Å². The van der Waals surface area contributed by atoms with Gasteiger partial charge in [0.2, 0.25) is 5.91 Å². The monoisotopic (exact) mass is 401 g/mol. The maximum atomic E-state index is 12.9. The Morgan fingerprint density at radius 3 is 2.24 bits per heavy atom. The molecule has 29 heavy (non-hydrogen) atoms. The van der Waals surface area contributed by atoms with Gasteiger partial charge in [0.25, 0.3) is 0 Å². The van der Waals surface area contributed by atoms with Crippen molar-refractivity contribution in [3.8, 4) is 0 Å². The van der Waals surface area contributed by atoms with E-state index in [1.807, 2.05) is 38.1 Å². The normalized spacial score (nSPS) is 19.8. The second-order valence-corrected chi connectivity index (χ2v) is 9.35. The summed E-state index contributed by atoms with van der Waals surface area (Å²) >= 11 is 0. The zero-order valence-corrected chi connectivity index (χ0v) is 18.0. The van der Waals surface area contributed by atoms with Gasteiger partial charge in [-0.25, -0.2) is 4.79 Å². The Kier molecular flexibility index (Phi) is 7.11. The van der Waals surface area contributed by atoms with Crippen molar-refractivity contribution in [3.05, 3.63) is 30.1 Å². The van der Waals surface area contributed by atoms with Gasteiger partial charge in [-0.2, -0.15) is 0 Å². The van der Waals surface area contributed by atoms with Gasteiger partial charge < -0.3 is 15.5 Å². The topological polar surface area (TPSA) is 77.6 Å². The number of carbonyl (C=O) groups is 2. The number of piperidine rings is 2. The zero-order valence-electron chi connectivity index (χ0n) is 18.0. The third-order valence-electron chi connectivity index (χ3n) is 5.72. The Hall–Kier alpha value is -2.15. The fraction of sp³-hybridized carbons (Fsp3) is 0.682. The zero-order chi connectivity index (χ0) is 20.9. The number of hydrogen-bond acceptors (Lipinski definition) is 4. The van der Waals surface area contributed by atoms with E-state index in [1.54, 1.807) is 0 Å². The van der Waals surface area contributed by atoms with E-state index in [1.165, 1.54) is 5.56 Å². The Bertz CT molecular complexity index is 672. The summed E-state index contributed by atoms with van der Waals surface area (Å²) in [7, 11) is 0. The lowest BCUT2D eigenvalue weighted by molar-refractivity contribution is -0.138. The van der Waals surface area contributed by atoms with E-state index >= 15 is 0 Å². The number of amides is 3. The predicted molar refractivity (Wildman–Crippen MR) is 113 cm³/mol. The van der Waals surface area contributed by atoms with E-state index in [4.69, 9.17) is 0 Å². The summed E-state index contributed by atoms with van der Waals surface area (Å²) in [5, 5.41) is 5.98. The third-order valence-corrected chi connectivity index (χ3v) is 5.72. The molecule has 0 aromatic carbocycles. The highest BCUT2D eigenvalue weighted by molar-refractivity contribution is 5.79. The van der Waals surface area contributed by atoms with Crippen LogP contribution in [0.1, 0.15) is 52.0 Å². The fourth-order valence-electron chi connectivity index (χ4n) is 4.15. The number of rotatable bonds is 4. The van der Waals surface area contributed by atoms with Crippen LogP contribution in [0.25, 0.3) is 0 Å². The number of nitrogens with zero attached hydrogens (tertiary/aromatic N) is 3. The molecule has 1 aromatic heterocycles. The van der Waals surface area contributed by atoms with Crippen LogP contribution < -0.4 is 10.6 Å². The summed E-state index contributed by atoms with van der Waals surface area (Å²) in [6.07, 6.45) is 7.16. The molecule has 3 rings (SSSR count). The van der Waals surface area contributed by atoms with Crippen LogP contribution in [-0.4, -0.2) is 64.5 Å². The average molecular weight is 402 g/mol. The molecule has 2 saturated heterocycles. The average Bonchev–Trinajstić information content (AvgIpc) is 2.68. The van der Waals surface area contributed by atoms with Crippen molar-refractivity contribution in [1.29, 1.82) is 0 Å². The quantitative estimate of drug-likeness (QED) is 0.812. The van der Waals surface area contributed by atoms with Crippen LogP contribution in [0.2, 0.25) is 0 Å². The smallest absolute Gasteiger partial charge is 0.315 e. The highest BCUT2D eigenvalue weighted by Gasteiger charge is 2.31. The van der Waals surface area contributed by atoms with E-state index in [-0.39, 0.29) is 23.5 Å². The summed E-state index contributed by atoms with van der Waals surface area (Å²) in [6, 6.07) is 4.13. The van der Waals surface area contributed by atoms with Gasteiger partial charge >= 0.3 is 6.03 Å². The predicted octanol–water partition coefficient (Wildman–Crippen LogP) is 2.38. The van der Waals surface area contributed by atoms with Crippen molar-refractivity contribution in [1.82, 2.24) is 25.4 Å². The molecule has 0 radical (unpaired) electrons. The van der Waals surface area contributed by atoms with Gasteiger partial charge in [0.1, 0.15) is 0 Å². The molecule has 0 bridgehead atoms. The Balaban J connectivity index is 1.38. The molecule has 2 aliphatic rings. The number of likely N-dealkylation sites (tertiary alicyclic amines) is 2. The van der Waals surface area contributed by atoms with Crippen LogP contribution in [0.15, 0.2) is 24.5 Å². The molecule has 0 atom stereocenters. The van der Waals surface area contributed by atoms with E-state index in [9.17, 15) is 9.59 Å². The Morgan fingerprint density at radius 1 is 1.03 bits per heavy atom. The molecule has 160 valence electrons. The SMILES string of the molecule is CC(C)(C)NC(=O)NC1CCN(C(=O)C2CCN(Cc3ccncc3)CC2)CC1. The summed E-state index contributed by atoms with van der Waals surface area (Å²) < 4.78 is 0. The largest absolute Gasteiger partial charge is 0.342 e. The van der Waals surface area contributed by atoms with Crippen molar-refractivity contribution in [3.63, 3.8) is 0 Å². The number of urea groups is 1. The summed E-state index contributed by atoms with van der Waals surface area (Å²) in [5.41, 5.74) is 1.03. The Morgan fingerprint density at radius 2 is 1.66 bits per heavy atom. The van der Waals surface area contributed by atoms with Crippen molar-refractivity contribution >= 4 is 11.9 Å². The van der Waals surface area contributed by atoms with Gasteiger partial charge in [-0.05, 0) is 77.2 Å². The lowest BCUT2D eigenvalue weighted by Crippen LogP contribution is -2.53. The first-order valence-electron chi connectivity index (χ1n) is 10.8. The highest BCUT2D eigenvalue weighted by Crippen LogP contribution is 2.23. The van der Waals surface area contributed by atoms with E-state index < -0.39 is 0 Å². The maximum absolute atomic E-state index is 12.9. The van der Waals surface area contributed by atoms with Crippen LogP contribution in [-0.2, 0) is 11.3 Å². The maximum Gasteiger partial charge on any atom is 0.315 e. The number of aromatic nitrogens is 1. The van der Waals surface area contributed by atoms with Gasteiger partial charge in [-0.15, -0.1) is 0 Å². The lowest BCUT2D eigenvalue weighted by Gasteiger charge is -2.37. The van der Waals surface area contributed by atoms with Crippen LogP contribution in [0.5, 0.6) is 0 Å². The van der Waals surface area contributed by atoms with Crippen molar-refractivity contribution in [2.24, 2.45) is 5.92 Å².